The molecule has 0 fully saturated rings. The van der Waals surface area contributed by atoms with Crippen molar-refractivity contribution < 1.29 is 14.3 Å². The zero-order chi connectivity index (χ0) is 13.7. The summed E-state index contributed by atoms with van der Waals surface area (Å²) in [7, 11) is 0. The van der Waals surface area contributed by atoms with E-state index < -0.39 is 5.97 Å². The molecule has 0 unspecified atom stereocenters. The number of aryl methyl sites for hydroxylation is 1. The van der Waals surface area contributed by atoms with Crippen LogP contribution in [0.15, 0.2) is 17.4 Å². The molecule has 7 heteroatoms. The lowest BCUT2D eigenvalue weighted by molar-refractivity contribution is -0.131. The van der Waals surface area contributed by atoms with Gasteiger partial charge in [0.25, 0.3) is 0 Å². The fourth-order valence-corrected chi connectivity index (χ4v) is 1.46. The fourth-order valence-electron chi connectivity index (χ4n) is 1.46. The Morgan fingerprint density at radius 3 is 2.44 bits per heavy atom. The van der Waals surface area contributed by atoms with E-state index in [1.54, 1.807) is 13.0 Å². The predicted octanol–water partition coefficient (Wildman–Crippen LogP) is 1.97. The van der Waals surface area contributed by atoms with E-state index in [2.05, 4.69) is 16.0 Å². The van der Waals surface area contributed by atoms with Gasteiger partial charge in [0.15, 0.2) is 0 Å². The van der Waals surface area contributed by atoms with Gasteiger partial charge in [-0.2, -0.15) is 0 Å². The number of carbonyl (C=O) groups excluding carboxylic acids is 2. The number of ether oxygens (including phenoxy) is 1. The molecule has 0 bridgehead atoms. The number of nitrogens with zero attached hydrogens (tertiary/aromatic N) is 1. The van der Waals surface area contributed by atoms with Crippen LogP contribution in [-0.4, -0.2) is 11.9 Å². The van der Waals surface area contributed by atoms with Gasteiger partial charge in [-0.15, -0.1) is 4.91 Å². The van der Waals surface area contributed by atoms with E-state index in [0.717, 1.165) is 0 Å². The summed E-state index contributed by atoms with van der Waals surface area (Å²) in [6, 6.07) is 2.98. The van der Waals surface area contributed by atoms with Crippen LogP contribution >= 0.6 is 0 Å². The van der Waals surface area contributed by atoms with Gasteiger partial charge < -0.3 is 10.1 Å². The number of hydrogen-bond donors (Lipinski definition) is 2. The second-order valence-electron chi connectivity index (χ2n) is 3.64. The van der Waals surface area contributed by atoms with Crippen molar-refractivity contribution in [2.24, 2.45) is 5.29 Å². The van der Waals surface area contributed by atoms with Crippen LogP contribution in [0, 0.1) is 11.8 Å². The number of hydrogen-bond acceptors (Lipinski definition) is 5. The smallest absolute Gasteiger partial charge is 0.308 e. The highest BCUT2D eigenvalue weighted by Crippen LogP contribution is 2.31. The van der Waals surface area contributed by atoms with Gasteiger partial charge in [0, 0.05) is 19.9 Å². The molecular formula is C11H13N3O4. The van der Waals surface area contributed by atoms with E-state index in [4.69, 9.17) is 4.74 Å². The highest BCUT2D eigenvalue weighted by molar-refractivity contribution is 5.94. The lowest BCUT2D eigenvalue weighted by atomic mass is 10.1. The molecule has 0 aliphatic rings. The number of amides is 1. The van der Waals surface area contributed by atoms with E-state index in [1.807, 2.05) is 0 Å². The number of rotatable bonds is 4. The molecule has 1 rings (SSSR count). The van der Waals surface area contributed by atoms with E-state index in [9.17, 15) is 14.5 Å². The van der Waals surface area contributed by atoms with Gasteiger partial charge in [-0.25, -0.2) is 5.43 Å². The number of anilines is 2. The number of nitrogens with one attached hydrogen (secondary N) is 2. The Morgan fingerprint density at radius 2 is 1.94 bits per heavy atom. The average molecular weight is 251 g/mol. The maximum Gasteiger partial charge on any atom is 0.308 e. The van der Waals surface area contributed by atoms with Crippen LogP contribution in [0.4, 0.5) is 11.4 Å². The molecular weight excluding hydrogens is 238 g/mol. The van der Waals surface area contributed by atoms with Crippen LogP contribution < -0.4 is 15.5 Å². The molecule has 18 heavy (non-hydrogen) atoms. The largest absolute Gasteiger partial charge is 0.427 e. The van der Waals surface area contributed by atoms with Crippen LogP contribution in [0.5, 0.6) is 5.75 Å². The van der Waals surface area contributed by atoms with Crippen molar-refractivity contribution in [3.63, 3.8) is 0 Å². The molecule has 0 heterocycles. The van der Waals surface area contributed by atoms with E-state index >= 15 is 0 Å². The van der Waals surface area contributed by atoms with Gasteiger partial charge in [-0.05, 0) is 18.6 Å². The molecule has 0 aliphatic heterocycles. The lowest BCUT2D eigenvalue weighted by Crippen LogP contribution is -2.10. The van der Waals surface area contributed by atoms with Crippen molar-refractivity contribution >= 4 is 23.3 Å². The topological polar surface area (TPSA) is 96.9 Å². The third kappa shape index (κ3) is 3.55. The van der Waals surface area contributed by atoms with Crippen molar-refractivity contribution in [2.45, 2.75) is 20.8 Å². The van der Waals surface area contributed by atoms with Crippen molar-refractivity contribution in [2.75, 3.05) is 10.7 Å². The molecule has 0 aromatic heterocycles. The van der Waals surface area contributed by atoms with Crippen molar-refractivity contribution in [3.05, 3.63) is 22.6 Å². The minimum Gasteiger partial charge on any atom is -0.427 e. The third-order valence-corrected chi connectivity index (χ3v) is 2.04. The van der Waals surface area contributed by atoms with Crippen LogP contribution in [-0.2, 0) is 9.59 Å². The average Bonchev–Trinajstić information content (AvgIpc) is 2.22. The number of nitroso groups, excluding NO2 is 1. The SMILES string of the molecule is CC(=O)Nc1c(C)cc(OC(C)=O)cc1NN=O. The van der Waals surface area contributed by atoms with Gasteiger partial charge in [0.2, 0.25) is 5.91 Å². The first-order chi connectivity index (χ1) is 8.43. The maximum atomic E-state index is 11.1. The molecule has 7 nitrogen and oxygen atoms in total. The molecule has 0 aliphatic carbocycles. The third-order valence-electron chi connectivity index (χ3n) is 2.04. The van der Waals surface area contributed by atoms with E-state index in [1.165, 1.54) is 19.9 Å². The first kappa shape index (κ1) is 13.6. The summed E-state index contributed by atoms with van der Waals surface area (Å²) >= 11 is 0. The zero-order valence-electron chi connectivity index (χ0n) is 10.2. The maximum absolute atomic E-state index is 11.1. The van der Waals surface area contributed by atoms with Gasteiger partial charge in [0.05, 0.1) is 16.7 Å². The molecule has 1 aromatic carbocycles. The summed E-state index contributed by atoms with van der Waals surface area (Å²) in [5.41, 5.74) is 3.51. The molecule has 0 atom stereocenters. The Bertz CT molecular complexity index is 499. The first-order valence-electron chi connectivity index (χ1n) is 5.13. The molecule has 0 saturated heterocycles. The summed E-state index contributed by atoms with van der Waals surface area (Å²) < 4.78 is 4.91. The first-order valence-corrected chi connectivity index (χ1v) is 5.13. The second-order valence-corrected chi connectivity index (χ2v) is 3.64. The predicted molar refractivity (Wildman–Crippen MR) is 66.2 cm³/mol. The van der Waals surface area contributed by atoms with Crippen molar-refractivity contribution in [1.82, 2.24) is 0 Å². The minimum absolute atomic E-state index is 0.261. The Morgan fingerprint density at radius 1 is 1.28 bits per heavy atom. The summed E-state index contributed by atoms with van der Waals surface area (Å²) in [5.74, 6) is -0.501. The minimum atomic E-state index is -0.480. The summed E-state index contributed by atoms with van der Waals surface area (Å²) in [5, 5.41) is 5.11. The lowest BCUT2D eigenvalue weighted by Gasteiger charge is -2.13. The molecule has 0 spiro atoms. The van der Waals surface area contributed by atoms with Gasteiger partial charge in [0.1, 0.15) is 5.75 Å². The Balaban J connectivity index is 3.20. The highest BCUT2D eigenvalue weighted by Gasteiger charge is 2.11. The molecule has 96 valence electrons. The van der Waals surface area contributed by atoms with Crippen molar-refractivity contribution in [1.29, 1.82) is 0 Å². The summed E-state index contributed by atoms with van der Waals surface area (Å²) in [4.78, 5) is 32.2. The van der Waals surface area contributed by atoms with Crippen LogP contribution in [0.2, 0.25) is 0 Å². The van der Waals surface area contributed by atoms with E-state index in [0.29, 0.717) is 11.3 Å². The van der Waals surface area contributed by atoms with Gasteiger partial charge in [-0.3, -0.25) is 9.59 Å². The summed E-state index contributed by atoms with van der Waals surface area (Å²) in [6.07, 6.45) is 0. The van der Waals surface area contributed by atoms with Crippen molar-refractivity contribution in [3.8, 4) is 5.75 Å². The standard InChI is InChI=1S/C11H13N3O4/c1-6-4-9(18-8(3)16)5-10(13-14-17)11(6)12-7(2)15/h4-5H,1-3H3,(H,12,15)(H,13,17). The molecule has 1 aromatic rings. The fraction of sp³-hybridized carbons (Fsp3) is 0.273. The number of benzene rings is 1. The molecule has 1 amide bonds. The van der Waals surface area contributed by atoms with Crippen LogP contribution in [0.1, 0.15) is 19.4 Å². The quantitative estimate of drug-likeness (QED) is 0.369. The zero-order valence-corrected chi connectivity index (χ0v) is 10.2. The molecule has 0 saturated carbocycles. The molecule has 0 radical (unpaired) electrons. The molecule has 2 N–H and O–H groups in total. The number of carbonyl (C=O) groups is 2. The Kier molecular flexibility index (Phi) is 4.36. The monoisotopic (exact) mass is 251 g/mol. The summed E-state index contributed by atoms with van der Waals surface area (Å²) in [6.45, 7) is 4.31. The number of esters is 1. The normalized spacial score (nSPS) is 9.50. The second kappa shape index (κ2) is 5.76. The Hall–Kier alpha value is -2.44. The van der Waals surface area contributed by atoms with E-state index in [-0.39, 0.29) is 17.3 Å². The van der Waals surface area contributed by atoms with Crippen LogP contribution in [0.3, 0.4) is 0 Å². The van der Waals surface area contributed by atoms with Gasteiger partial charge in [-0.1, -0.05) is 0 Å². The Labute approximate surface area is 103 Å². The van der Waals surface area contributed by atoms with Gasteiger partial charge >= 0.3 is 5.97 Å². The van der Waals surface area contributed by atoms with Crippen LogP contribution in [0.25, 0.3) is 0 Å². The highest BCUT2D eigenvalue weighted by atomic mass is 16.5.